The zero-order chi connectivity index (χ0) is 12.9. The van der Waals surface area contributed by atoms with Crippen LogP contribution < -0.4 is 10.5 Å². The van der Waals surface area contributed by atoms with Crippen molar-refractivity contribution in [1.29, 1.82) is 0 Å². The van der Waals surface area contributed by atoms with E-state index in [0.717, 1.165) is 11.3 Å². The predicted molar refractivity (Wildman–Crippen MR) is 72.6 cm³/mol. The van der Waals surface area contributed by atoms with Crippen LogP contribution in [0.25, 0.3) is 0 Å². The Bertz CT molecular complexity index is 385. The topological polar surface area (TPSA) is 52.3 Å². The van der Waals surface area contributed by atoms with Gasteiger partial charge < -0.3 is 10.5 Å². The van der Waals surface area contributed by atoms with Crippen molar-refractivity contribution in [3.63, 3.8) is 0 Å². The monoisotopic (exact) mass is 255 g/mol. The first kappa shape index (κ1) is 14.2. The highest BCUT2D eigenvalue weighted by Crippen LogP contribution is 2.14. The summed E-state index contributed by atoms with van der Waals surface area (Å²) in [7, 11) is -0.868. The number of nitrogens with two attached hydrogens (primary N) is 1. The summed E-state index contributed by atoms with van der Waals surface area (Å²) in [6, 6.07) is 7.68. The summed E-state index contributed by atoms with van der Waals surface area (Å²) in [4.78, 5) is 0. The van der Waals surface area contributed by atoms with Crippen LogP contribution in [0.5, 0.6) is 5.75 Å². The van der Waals surface area contributed by atoms with Crippen molar-refractivity contribution in [3.8, 4) is 5.75 Å². The summed E-state index contributed by atoms with van der Waals surface area (Å²) < 4.78 is 17.2. The number of hydrogen-bond donors (Lipinski definition) is 1. The smallest absolute Gasteiger partial charge is 0.119 e. The molecule has 4 heteroatoms. The van der Waals surface area contributed by atoms with Crippen LogP contribution >= 0.6 is 0 Å². The zero-order valence-corrected chi connectivity index (χ0v) is 11.5. The average molecular weight is 255 g/mol. The number of hydrogen-bond acceptors (Lipinski definition) is 3. The van der Waals surface area contributed by atoms with Gasteiger partial charge in [0, 0.05) is 22.1 Å². The molecule has 0 saturated carbocycles. The Kier molecular flexibility index (Phi) is 5.15. The molecule has 0 spiro atoms. The van der Waals surface area contributed by atoms with Crippen LogP contribution in [0.2, 0.25) is 0 Å². The third-order valence-electron chi connectivity index (χ3n) is 2.35. The molecule has 96 valence electrons. The summed E-state index contributed by atoms with van der Waals surface area (Å²) in [5.41, 5.74) is 6.59. The Labute approximate surface area is 106 Å². The van der Waals surface area contributed by atoms with Gasteiger partial charge in [0.25, 0.3) is 0 Å². The minimum atomic E-state index is -0.868. The standard InChI is InChI=1S/C13H21NO2S/c1-13(2,3)17(15)8-7-16-12-6-4-5-11(9-12)10-14/h4-6,9H,7-8,10,14H2,1-3H3. The van der Waals surface area contributed by atoms with E-state index < -0.39 is 10.8 Å². The van der Waals surface area contributed by atoms with Crippen molar-refractivity contribution in [2.24, 2.45) is 5.73 Å². The Hall–Kier alpha value is -0.870. The molecular formula is C13H21NO2S. The SMILES string of the molecule is CC(C)(C)S(=O)CCOc1cccc(CN)c1. The lowest BCUT2D eigenvalue weighted by atomic mass is 10.2. The van der Waals surface area contributed by atoms with Crippen LogP contribution in [0.15, 0.2) is 24.3 Å². The molecule has 1 aromatic rings. The van der Waals surface area contributed by atoms with Gasteiger partial charge in [-0.25, -0.2) is 0 Å². The first-order chi connectivity index (χ1) is 7.93. The molecule has 1 unspecified atom stereocenters. The number of benzene rings is 1. The molecule has 1 atom stereocenters. The molecule has 0 fully saturated rings. The molecule has 3 nitrogen and oxygen atoms in total. The van der Waals surface area contributed by atoms with Gasteiger partial charge in [-0.2, -0.15) is 0 Å². The van der Waals surface area contributed by atoms with Crippen molar-refractivity contribution < 1.29 is 8.95 Å². The summed E-state index contributed by atoms with van der Waals surface area (Å²) in [6.45, 7) is 6.89. The van der Waals surface area contributed by atoms with E-state index in [0.29, 0.717) is 18.9 Å². The van der Waals surface area contributed by atoms with Crippen molar-refractivity contribution in [1.82, 2.24) is 0 Å². The average Bonchev–Trinajstić information content (AvgIpc) is 2.28. The normalized spacial score (nSPS) is 13.4. The number of ether oxygens (including phenoxy) is 1. The van der Waals surface area contributed by atoms with E-state index >= 15 is 0 Å². The van der Waals surface area contributed by atoms with Gasteiger partial charge in [0.1, 0.15) is 5.75 Å². The molecule has 2 N–H and O–H groups in total. The molecule has 1 aromatic carbocycles. The zero-order valence-electron chi connectivity index (χ0n) is 10.7. The predicted octanol–water partition coefficient (Wildman–Crippen LogP) is 2.07. The molecule has 0 aliphatic carbocycles. The molecule has 0 heterocycles. The van der Waals surface area contributed by atoms with Gasteiger partial charge >= 0.3 is 0 Å². The van der Waals surface area contributed by atoms with Crippen LogP contribution in [0.1, 0.15) is 26.3 Å². The van der Waals surface area contributed by atoms with Crippen molar-refractivity contribution in [2.45, 2.75) is 32.1 Å². The highest BCUT2D eigenvalue weighted by molar-refractivity contribution is 7.86. The highest BCUT2D eigenvalue weighted by atomic mass is 32.2. The Morgan fingerprint density at radius 3 is 2.65 bits per heavy atom. The van der Waals surface area contributed by atoms with E-state index in [1.165, 1.54) is 0 Å². The van der Waals surface area contributed by atoms with E-state index in [9.17, 15) is 4.21 Å². The van der Waals surface area contributed by atoms with Gasteiger partial charge in [0.2, 0.25) is 0 Å². The second kappa shape index (κ2) is 6.17. The van der Waals surface area contributed by atoms with Crippen LogP contribution in [-0.2, 0) is 17.3 Å². The molecule has 0 bridgehead atoms. The minimum Gasteiger partial charge on any atom is -0.493 e. The van der Waals surface area contributed by atoms with Gasteiger partial charge in [-0.15, -0.1) is 0 Å². The van der Waals surface area contributed by atoms with E-state index in [4.69, 9.17) is 10.5 Å². The summed E-state index contributed by atoms with van der Waals surface area (Å²) >= 11 is 0. The molecule has 0 amide bonds. The Balaban J connectivity index is 2.43. The molecular weight excluding hydrogens is 234 g/mol. The number of rotatable bonds is 5. The molecule has 0 saturated heterocycles. The summed E-state index contributed by atoms with van der Waals surface area (Å²) in [5, 5.41) is 0. The molecule has 0 aliphatic rings. The van der Waals surface area contributed by atoms with Crippen LogP contribution in [0, 0.1) is 0 Å². The summed E-state index contributed by atoms with van der Waals surface area (Å²) in [5.74, 6) is 1.34. The fourth-order valence-corrected chi connectivity index (χ4v) is 2.15. The second-order valence-corrected chi connectivity index (χ2v) is 7.19. The quantitative estimate of drug-likeness (QED) is 0.876. The lowest BCUT2D eigenvalue weighted by Crippen LogP contribution is -2.26. The van der Waals surface area contributed by atoms with Crippen molar-refractivity contribution in [3.05, 3.63) is 29.8 Å². The van der Waals surface area contributed by atoms with Gasteiger partial charge in [-0.05, 0) is 38.5 Å². The van der Waals surface area contributed by atoms with Crippen molar-refractivity contribution >= 4 is 10.8 Å². The maximum absolute atomic E-state index is 11.8. The largest absolute Gasteiger partial charge is 0.493 e. The third kappa shape index (κ3) is 4.88. The van der Waals surface area contributed by atoms with E-state index in [1.807, 2.05) is 45.0 Å². The van der Waals surface area contributed by atoms with E-state index in [1.54, 1.807) is 0 Å². The van der Waals surface area contributed by atoms with E-state index in [2.05, 4.69) is 0 Å². The van der Waals surface area contributed by atoms with Gasteiger partial charge in [0.05, 0.1) is 12.4 Å². The summed E-state index contributed by atoms with van der Waals surface area (Å²) in [6.07, 6.45) is 0. The molecule has 1 rings (SSSR count). The van der Waals surface area contributed by atoms with Crippen LogP contribution in [0.3, 0.4) is 0 Å². The van der Waals surface area contributed by atoms with Gasteiger partial charge in [0.15, 0.2) is 0 Å². The second-order valence-electron chi connectivity index (χ2n) is 4.86. The molecule has 0 radical (unpaired) electrons. The van der Waals surface area contributed by atoms with Gasteiger partial charge in [-0.1, -0.05) is 12.1 Å². The first-order valence-corrected chi connectivity index (χ1v) is 7.05. The lowest BCUT2D eigenvalue weighted by molar-refractivity contribution is 0.341. The Morgan fingerprint density at radius 2 is 2.06 bits per heavy atom. The Morgan fingerprint density at radius 1 is 1.35 bits per heavy atom. The maximum atomic E-state index is 11.8. The molecule has 17 heavy (non-hydrogen) atoms. The molecule has 0 aromatic heterocycles. The van der Waals surface area contributed by atoms with E-state index in [-0.39, 0.29) is 4.75 Å². The third-order valence-corrected chi connectivity index (χ3v) is 4.26. The fraction of sp³-hybridized carbons (Fsp3) is 0.538. The highest BCUT2D eigenvalue weighted by Gasteiger charge is 2.18. The van der Waals surface area contributed by atoms with Crippen LogP contribution in [0.4, 0.5) is 0 Å². The minimum absolute atomic E-state index is 0.178. The maximum Gasteiger partial charge on any atom is 0.119 e. The van der Waals surface area contributed by atoms with Crippen LogP contribution in [-0.4, -0.2) is 21.3 Å². The molecule has 0 aliphatic heterocycles. The van der Waals surface area contributed by atoms with Gasteiger partial charge in [-0.3, -0.25) is 4.21 Å². The lowest BCUT2D eigenvalue weighted by Gasteiger charge is -2.17. The van der Waals surface area contributed by atoms with Crippen molar-refractivity contribution in [2.75, 3.05) is 12.4 Å². The first-order valence-electron chi connectivity index (χ1n) is 5.74. The fourth-order valence-electron chi connectivity index (χ4n) is 1.30.